The predicted molar refractivity (Wildman–Crippen MR) is 123 cm³/mol. The van der Waals surface area contributed by atoms with Gasteiger partial charge in [-0.1, -0.05) is 12.1 Å². The Kier molecular flexibility index (Phi) is 7.14. The predicted octanol–water partition coefficient (Wildman–Crippen LogP) is 4.51. The Bertz CT molecular complexity index is 1280. The molecular weight excluding hydrogens is 500 g/mol. The fraction of sp³-hybridized carbons (Fsp3) is 0.440. The van der Waals surface area contributed by atoms with E-state index in [1.54, 1.807) is 0 Å². The fourth-order valence-electron chi connectivity index (χ4n) is 4.58. The van der Waals surface area contributed by atoms with E-state index in [1.165, 1.54) is 35.2 Å². The number of rotatable bonds is 6. The molecule has 1 unspecified atom stereocenters. The maximum absolute atomic E-state index is 14.2. The summed E-state index contributed by atoms with van der Waals surface area (Å²) in [5.41, 5.74) is -0.987. The standard InChI is InChI=1S/C25H26F4N2O4S/c1-36(34,35)18-6-4-5-17(13-18)24(33)31-12-3-2-7-21(31)23(32)30-22(15-8-9-15)16-10-11-19(20(26)14-16)25(27,28)29/h4-6,10-11,13-15,21-22H,2-3,7-9,12H2,1H3,(H,30,32)/t21-,22?/m1/s1. The molecule has 1 heterocycles. The zero-order valence-corrected chi connectivity index (χ0v) is 20.3. The zero-order valence-electron chi connectivity index (χ0n) is 19.5. The Morgan fingerprint density at radius 2 is 1.78 bits per heavy atom. The highest BCUT2D eigenvalue weighted by atomic mass is 32.2. The summed E-state index contributed by atoms with van der Waals surface area (Å²) in [5.74, 6) is -2.40. The maximum Gasteiger partial charge on any atom is 0.419 e. The number of carbonyl (C=O) groups excluding carboxylic acids is 2. The van der Waals surface area contributed by atoms with E-state index in [0.29, 0.717) is 31.9 Å². The lowest BCUT2D eigenvalue weighted by Gasteiger charge is -2.36. The second-order valence-corrected chi connectivity index (χ2v) is 11.4. The lowest BCUT2D eigenvalue weighted by molar-refractivity contribution is -0.140. The number of hydrogen-bond donors (Lipinski definition) is 1. The number of sulfone groups is 1. The lowest BCUT2D eigenvalue weighted by atomic mass is 9.97. The van der Waals surface area contributed by atoms with Gasteiger partial charge in [-0.25, -0.2) is 12.8 Å². The molecule has 194 valence electrons. The molecule has 2 aromatic rings. The minimum absolute atomic E-state index is 0.00973. The topological polar surface area (TPSA) is 83.6 Å². The Hall–Kier alpha value is -2.95. The third-order valence-corrected chi connectivity index (χ3v) is 7.73. The van der Waals surface area contributed by atoms with Crippen molar-refractivity contribution in [1.82, 2.24) is 10.2 Å². The van der Waals surface area contributed by atoms with Gasteiger partial charge >= 0.3 is 6.18 Å². The van der Waals surface area contributed by atoms with Crippen molar-refractivity contribution in [3.63, 3.8) is 0 Å². The first-order valence-electron chi connectivity index (χ1n) is 11.6. The molecule has 2 amide bonds. The highest BCUT2D eigenvalue weighted by molar-refractivity contribution is 7.90. The van der Waals surface area contributed by atoms with Gasteiger partial charge in [0, 0.05) is 18.4 Å². The van der Waals surface area contributed by atoms with Crippen LogP contribution in [0.15, 0.2) is 47.4 Å². The number of nitrogens with one attached hydrogen (secondary N) is 1. The normalized spacial score (nSPS) is 19.6. The van der Waals surface area contributed by atoms with Gasteiger partial charge in [0.05, 0.1) is 16.5 Å². The first kappa shape index (κ1) is 26.1. The molecule has 2 atom stereocenters. The van der Waals surface area contributed by atoms with E-state index in [9.17, 15) is 35.6 Å². The van der Waals surface area contributed by atoms with Crippen molar-refractivity contribution in [2.75, 3.05) is 12.8 Å². The molecule has 0 bridgehead atoms. The summed E-state index contributed by atoms with van der Waals surface area (Å²) < 4.78 is 77.0. The summed E-state index contributed by atoms with van der Waals surface area (Å²) in [6.45, 7) is 0.295. The second kappa shape index (κ2) is 9.84. The van der Waals surface area contributed by atoms with E-state index >= 15 is 0 Å². The van der Waals surface area contributed by atoms with Crippen LogP contribution in [0, 0.1) is 11.7 Å². The van der Waals surface area contributed by atoms with Gasteiger partial charge in [-0.15, -0.1) is 0 Å². The van der Waals surface area contributed by atoms with Crippen LogP contribution in [-0.2, 0) is 20.8 Å². The molecule has 1 N–H and O–H groups in total. The molecule has 2 aromatic carbocycles. The van der Waals surface area contributed by atoms with Gasteiger partial charge in [-0.05, 0) is 73.9 Å². The molecular formula is C25H26F4N2O4S. The Balaban J connectivity index is 1.56. The molecule has 36 heavy (non-hydrogen) atoms. The summed E-state index contributed by atoms with van der Waals surface area (Å²) >= 11 is 0. The van der Waals surface area contributed by atoms with E-state index < -0.39 is 51.3 Å². The van der Waals surface area contributed by atoms with Crippen molar-refractivity contribution >= 4 is 21.7 Å². The number of likely N-dealkylation sites (tertiary alicyclic amines) is 1. The third kappa shape index (κ3) is 5.71. The zero-order chi connectivity index (χ0) is 26.3. The summed E-state index contributed by atoms with van der Waals surface area (Å²) in [7, 11) is -3.54. The molecule has 4 rings (SSSR count). The Labute approximate surface area is 206 Å². The van der Waals surface area contributed by atoms with Crippen molar-refractivity contribution in [3.8, 4) is 0 Å². The number of alkyl halides is 3. The molecule has 1 saturated carbocycles. The van der Waals surface area contributed by atoms with Crippen LogP contribution in [0.3, 0.4) is 0 Å². The number of nitrogens with zero attached hydrogens (tertiary/aromatic N) is 1. The molecule has 0 radical (unpaired) electrons. The van der Waals surface area contributed by atoms with Gasteiger partial charge in [0.15, 0.2) is 9.84 Å². The van der Waals surface area contributed by atoms with Crippen LogP contribution in [0.2, 0.25) is 0 Å². The van der Waals surface area contributed by atoms with Gasteiger partial charge in [0.2, 0.25) is 5.91 Å². The minimum Gasteiger partial charge on any atom is -0.347 e. The molecule has 1 aliphatic heterocycles. The van der Waals surface area contributed by atoms with Gasteiger partial charge in [-0.3, -0.25) is 9.59 Å². The monoisotopic (exact) mass is 526 g/mol. The number of carbonyl (C=O) groups is 2. The number of piperidine rings is 1. The van der Waals surface area contributed by atoms with Crippen molar-refractivity contribution in [1.29, 1.82) is 0 Å². The highest BCUT2D eigenvalue weighted by Gasteiger charge is 2.39. The number of amides is 2. The molecule has 1 saturated heterocycles. The molecule has 1 aliphatic carbocycles. The van der Waals surface area contributed by atoms with Crippen LogP contribution in [0.25, 0.3) is 0 Å². The largest absolute Gasteiger partial charge is 0.419 e. The van der Waals surface area contributed by atoms with E-state index in [1.807, 2.05) is 0 Å². The van der Waals surface area contributed by atoms with Crippen LogP contribution in [-0.4, -0.2) is 44.0 Å². The SMILES string of the molecule is CS(=O)(=O)c1cccc(C(=O)N2CCCC[C@@H]2C(=O)NC(c2ccc(C(F)(F)F)c(F)c2)C2CC2)c1. The molecule has 2 fully saturated rings. The van der Waals surface area contributed by atoms with Gasteiger partial charge in [0.1, 0.15) is 11.9 Å². The average molecular weight is 527 g/mol. The van der Waals surface area contributed by atoms with E-state index in [4.69, 9.17) is 0 Å². The molecule has 11 heteroatoms. The second-order valence-electron chi connectivity index (χ2n) is 9.37. The number of hydrogen-bond acceptors (Lipinski definition) is 4. The number of benzene rings is 2. The average Bonchev–Trinajstić information content (AvgIpc) is 3.66. The third-order valence-electron chi connectivity index (χ3n) is 6.62. The van der Waals surface area contributed by atoms with Crippen LogP contribution in [0.4, 0.5) is 17.6 Å². The Morgan fingerprint density at radius 3 is 2.39 bits per heavy atom. The van der Waals surface area contributed by atoms with Gasteiger partial charge in [0.25, 0.3) is 5.91 Å². The van der Waals surface area contributed by atoms with Crippen LogP contribution < -0.4 is 5.32 Å². The fourth-order valence-corrected chi connectivity index (χ4v) is 5.25. The van der Waals surface area contributed by atoms with Crippen LogP contribution in [0.1, 0.15) is 59.6 Å². The van der Waals surface area contributed by atoms with Crippen molar-refractivity contribution in [2.24, 2.45) is 5.92 Å². The Morgan fingerprint density at radius 1 is 1.06 bits per heavy atom. The first-order valence-corrected chi connectivity index (χ1v) is 13.5. The molecule has 0 spiro atoms. The van der Waals surface area contributed by atoms with Crippen molar-refractivity contribution in [3.05, 3.63) is 65.0 Å². The van der Waals surface area contributed by atoms with Crippen LogP contribution in [0.5, 0.6) is 0 Å². The van der Waals surface area contributed by atoms with Crippen molar-refractivity contribution in [2.45, 2.75) is 55.3 Å². The van der Waals surface area contributed by atoms with Gasteiger partial charge in [-0.2, -0.15) is 13.2 Å². The molecule has 2 aliphatic rings. The first-order chi connectivity index (χ1) is 16.9. The summed E-state index contributed by atoms with van der Waals surface area (Å²) in [4.78, 5) is 28.0. The maximum atomic E-state index is 14.2. The summed E-state index contributed by atoms with van der Waals surface area (Å²) in [6, 6.07) is 6.76. The summed E-state index contributed by atoms with van der Waals surface area (Å²) in [5, 5.41) is 2.85. The van der Waals surface area contributed by atoms with Crippen molar-refractivity contribution < 1.29 is 35.6 Å². The smallest absolute Gasteiger partial charge is 0.347 e. The minimum atomic E-state index is -4.82. The van der Waals surface area contributed by atoms with E-state index in [-0.39, 0.29) is 21.9 Å². The molecule has 6 nitrogen and oxygen atoms in total. The summed E-state index contributed by atoms with van der Waals surface area (Å²) in [6.07, 6.45) is -0.583. The highest BCUT2D eigenvalue weighted by Crippen LogP contribution is 2.42. The number of halogens is 4. The van der Waals surface area contributed by atoms with Gasteiger partial charge < -0.3 is 10.2 Å². The molecule has 0 aromatic heterocycles. The van der Waals surface area contributed by atoms with E-state index in [0.717, 1.165) is 25.2 Å². The van der Waals surface area contributed by atoms with E-state index in [2.05, 4.69) is 5.32 Å². The lowest BCUT2D eigenvalue weighted by Crippen LogP contribution is -2.52. The quantitative estimate of drug-likeness (QED) is 0.562. The van der Waals surface area contributed by atoms with Crippen LogP contribution >= 0.6 is 0 Å².